The van der Waals surface area contributed by atoms with E-state index in [1.54, 1.807) is 19.1 Å². The number of H-pyrrole nitrogens is 1. The Morgan fingerprint density at radius 1 is 1.09 bits per heavy atom. The maximum atomic E-state index is 11.7. The van der Waals surface area contributed by atoms with Crippen LogP contribution in [0.25, 0.3) is 0 Å². The number of carbonyl (C=O) groups excluding carboxylic acids is 2. The van der Waals surface area contributed by atoms with Gasteiger partial charge >= 0.3 is 11.9 Å². The number of nitrogens with one attached hydrogen (secondary N) is 1. The molecule has 0 unspecified atom stereocenters. The molecule has 1 aromatic heterocycles. The highest BCUT2D eigenvalue weighted by Gasteiger charge is 2.17. The number of benzene rings is 1. The van der Waals surface area contributed by atoms with E-state index in [9.17, 15) is 9.59 Å². The molecule has 22 heavy (non-hydrogen) atoms. The number of carbonyl (C=O) groups is 2. The van der Waals surface area contributed by atoms with Gasteiger partial charge < -0.3 is 14.5 Å². The summed E-state index contributed by atoms with van der Waals surface area (Å²) in [4.78, 5) is 31.2. The molecule has 0 amide bonds. The predicted octanol–water partition coefficient (Wildman–Crippen LogP) is 3.09. The highest BCUT2D eigenvalue weighted by atomic mass is 33.1. The van der Waals surface area contributed by atoms with Crippen LogP contribution in [0.15, 0.2) is 34.3 Å². The Hall–Kier alpha value is -1.93. The standard InChI is InChI=1S/C14H14N2O4S2/c1-8-11(13(18)20-3)16-14(15-8)22-21-10-7-5-4-6-9(10)12(17)19-2/h4-7H,1-3H3,(H,15,16). The Morgan fingerprint density at radius 3 is 2.45 bits per heavy atom. The van der Waals surface area contributed by atoms with Gasteiger partial charge in [0.25, 0.3) is 0 Å². The molecular weight excluding hydrogens is 324 g/mol. The van der Waals surface area contributed by atoms with Crippen molar-refractivity contribution in [2.75, 3.05) is 14.2 Å². The van der Waals surface area contributed by atoms with E-state index in [0.29, 0.717) is 16.4 Å². The molecule has 1 aromatic carbocycles. The molecule has 0 aliphatic heterocycles. The number of hydrogen-bond acceptors (Lipinski definition) is 7. The zero-order valence-electron chi connectivity index (χ0n) is 12.2. The Labute approximate surface area is 135 Å². The maximum Gasteiger partial charge on any atom is 0.358 e. The molecule has 0 aliphatic carbocycles. The maximum absolute atomic E-state index is 11.7. The molecule has 116 valence electrons. The molecule has 6 nitrogen and oxygen atoms in total. The number of ether oxygens (including phenoxy) is 2. The molecule has 0 fully saturated rings. The van der Waals surface area contributed by atoms with Crippen molar-refractivity contribution >= 4 is 33.5 Å². The molecule has 1 heterocycles. The predicted molar refractivity (Wildman–Crippen MR) is 84.2 cm³/mol. The lowest BCUT2D eigenvalue weighted by atomic mass is 10.2. The second kappa shape index (κ2) is 7.37. The number of hydrogen-bond donors (Lipinski definition) is 1. The summed E-state index contributed by atoms with van der Waals surface area (Å²) in [6.07, 6.45) is 0. The van der Waals surface area contributed by atoms with E-state index >= 15 is 0 Å². The van der Waals surface area contributed by atoms with Crippen LogP contribution in [0.2, 0.25) is 0 Å². The Kier molecular flexibility index (Phi) is 5.51. The van der Waals surface area contributed by atoms with Crippen molar-refractivity contribution in [1.29, 1.82) is 0 Å². The molecule has 0 radical (unpaired) electrons. The fourth-order valence-corrected chi connectivity index (χ4v) is 3.72. The van der Waals surface area contributed by atoms with Gasteiger partial charge in [0.15, 0.2) is 10.9 Å². The van der Waals surface area contributed by atoms with Crippen LogP contribution in [0.4, 0.5) is 0 Å². The van der Waals surface area contributed by atoms with Gasteiger partial charge in [-0.2, -0.15) is 0 Å². The van der Waals surface area contributed by atoms with Crippen LogP contribution >= 0.6 is 21.6 Å². The third kappa shape index (κ3) is 3.63. The van der Waals surface area contributed by atoms with Crippen LogP contribution in [-0.2, 0) is 9.47 Å². The van der Waals surface area contributed by atoms with Crippen LogP contribution < -0.4 is 0 Å². The highest BCUT2D eigenvalue weighted by Crippen LogP contribution is 2.38. The lowest BCUT2D eigenvalue weighted by Gasteiger charge is -2.05. The van der Waals surface area contributed by atoms with E-state index in [0.717, 1.165) is 4.90 Å². The molecular formula is C14H14N2O4S2. The Bertz CT molecular complexity index is 700. The smallest absolute Gasteiger partial charge is 0.358 e. The van der Waals surface area contributed by atoms with Crippen molar-refractivity contribution in [1.82, 2.24) is 9.97 Å². The molecule has 0 saturated carbocycles. The molecule has 0 bridgehead atoms. The number of nitrogens with zero attached hydrogens (tertiary/aromatic N) is 1. The van der Waals surface area contributed by atoms with E-state index in [1.807, 2.05) is 12.1 Å². The lowest BCUT2D eigenvalue weighted by Crippen LogP contribution is -2.03. The summed E-state index contributed by atoms with van der Waals surface area (Å²) in [5, 5.41) is 0.558. The molecule has 0 atom stereocenters. The summed E-state index contributed by atoms with van der Waals surface area (Å²) in [7, 11) is 5.32. The van der Waals surface area contributed by atoms with Gasteiger partial charge in [0, 0.05) is 10.6 Å². The van der Waals surface area contributed by atoms with Crippen molar-refractivity contribution < 1.29 is 19.1 Å². The van der Waals surface area contributed by atoms with E-state index < -0.39 is 11.9 Å². The number of esters is 2. The summed E-state index contributed by atoms with van der Waals surface area (Å²) < 4.78 is 9.41. The van der Waals surface area contributed by atoms with Crippen molar-refractivity contribution in [3.05, 3.63) is 41.2 Å². The average molecular weight is 338 g/mol. The minimum absolute atomic E-state index is 0.256. The summed E-state index contributed by atoms with van der Waals surface area (Å²) in [5.74, 6) is -0.880. The third-order valence-corrected chi connectivity index (χ3v) is 4.98. The fourth-order valence-electron chi connectivity index (χ4n) is 1.67. The number of imidazole rings is 1. The van der Waals surface area contributed by atoms with Gasteiger partial charge in [0.1, 0.15) is 0 Å². The second-order valence-electron chi connectivity index (χ2n) is 4.16. The molecule has 2 rings (SSSR count). The van der Waals surface area contributed by atoms with Crippen LogP contribution in [0.3, 0.4) is 0 Å². The number of aromatic amines is 1. The summed E-state index contributed by atoms with van der Waals surface area (Å²) in [6.45, 7) is 1.75. The van der Waals surface area contributed by atoms with Crippen molar-refractivity contribution in [2.45, 2.75) is 17.0 Å². The quantitative estimate of drug-likeness (QED) is 0.662. The Morgan fingerprint density at radius 2 is 1.77 bits per heavy atom. The van der Waals surface area contributed by atoms with E-state index in [4.69, 9.17) is 4.74 Å². The first kappa shape index (κ1) is 16.4. The van der Waals surface area contributed by atoms with Gasteiger partial charge in [0.05, 0.1) is 19.8 Å². The van der Waals surface area contributed by atoms with E-state index in [1.165, 1.54) is 35.8 Å². The third-order valence-electron chi connectivity index (χ3n) is 2.74. The monoisotopic (exact) mass is 338 g/mol. The number of aromatic nitrogens is 2. The van der Waals surface area contributed by atoms with E-state index in [2.05, 4.69) is 14.7 Å². The lowest BCUT2D eigenvalue weighted by molar-refractivity contribution is 0.0586. The van der Waals surface area contributed by atoms with Crippen LogP contribution in [0.5, 0.6) is 0 Å². The summed E-state index contributed by atoms with van der Waals surface area (Å²) >= 11 is 0. The van der Waals surface area contributed by atoms with Gasteiger partial charge in [-0.25, -0.2) is 14.6 Å². The van der Waals surface area contributed by atoms with Crippen molar-refractivity contribution in [3.8, 4) is 0 Å². The minimum Gasteiger partial charge on any atom is -0.465 e. The molecule has 0 saturated heterocycles. The molecule has 0 spiro atoms. The zero-order valence-corrected chi connectivity index (χ0v) is 13.8. The number of rotatable bonds is 5. The average Bonchev–Trinajstić information content (AvgIpc) is 2.92. The Balaban J connectivity index is 2.14. The fraction of sp³-hybridized carbons (Fsp3) is 0.214. The van der Waals surface area contributed by atoms with Gasteiger partial charge in [0.2, 0.25) is 0 Å². The topological polar surface area (TPSA) is 81.3 Å². The van der Waals surface area contributed by atoms with Crippen LogP contribution in [0.1, 0.15) is 26.5 Å². The molecule has 0 aliphatic rings. The minimum atomic E-state index is -0.486. The van der Waals surface area contributed by atoms with Gasteiger partial charge in [-0.1, -0.05) is 12.1 Å². The SMILES string of the molecule is COC(=O)c1ccccc1SSc1nc(C(=O)OC)c(C)[nH]1. The molecule has 1 N–H and O–H groups in total. The van der Waals surface area contributed by atoms with Gasteiger partial charge in [-0.3, -0.25) is 0 Å². The largest absolute Gasteiger partial charge is 0.465 e. The summed E-state index contributed by atoms with van der Waals surface area (Å²) in [5.41, 5.74) is 1.38. The van der Waals surface area contributed by atoms with Gasteiger partial charge in [-0.15, -0.1) is 0 Å². The second-order valence-corrected chi connectivity index (χ2v) is 6.32. The van der Waals surface area contributed by atoms with Crippen molar-refractivity contribution in [3.63, 3.8) is 0 Å². The van der Waals surface area contributed by atoms with Gasteiger partial charge in [-0.05, 0) is 40.6 Å². The summed E-state index contributed by atoms with van der Waals surface area (Å²) in [6, 6.07) is 7.12. The van der Waals surface area contributed by atoms with Crippen molar-refractivity contribution in [2.24, 2.45) is 0 Å². The van der Waals surface area contributed by atoms with Crippen LogP contribution in [0, 0.1) is 6.92 Å². The number of methoxy groups -OCH3 is 2. The molecule has 8 heteroatoms. The van der Waals surface area contributed by atoms with Crippen LogP contribution in [-0.4, -0.2) is 36.1 Å². The normalized spacial score (nSPS) is 10.3. The molecule has 2 aromatic rings. The first-order valence-electron chi connectivity index (χ1n) is 6.23. The van der Waals surface area contributed by atoms with E-state index in [-0.39, 0.29) is 5.69 Å². The first-order valence-corrected chi connectivity index (χ1v) is 8.38. The number of aryl methyl sites for hydroxylation is 1. The zero-order chi connectivity index (χ0) is 16.1. The first-order chi connectivity index (χ1) is 10.6. The highest BCUT2D eigenvalue weighted by molar-refractivity contribution is 8.76.